The average molecular weight is 144 g/mol. The fourth-order valence-electron chi connectivity index (χ4n) is 0.577. The van der Waals surface area contributed by atoms with Crippen LogP contribution >= 0.6 is 0 Å². The van der Waals surface area contributed by atoms with Crippen molar-refractivity contribution in [2.75, 3.05) is 5.73 Å². The highest BCUT2D eigenvalue weighted by Crippen LogP contribution is 2.10. The van der Waals surface area contributed by atoms with Crippen LogP contribution in [0.15, 0.2) is 6.07 Å². The van der Waals surface area contributed by atoms with Crippen LogP contribution < -0.4 is 5.73 Å². The first kappa shape index (κ1) is 6.92. The minimum absolute atomic E-state index is 0.110. The topological polar surface area (TPSA) is 38.9 Å². The molecule has 0 saturated heterocycles. The summed E-state index contributed by atoms with van der Waals surface area (Å²) < 4.78 is 24.7. The Morgan fingerprint density at radius 3 is 2.50 bits per heavy atom. The molecule has 10 heavy (non-hydrogen) atoms. The normalized spacial score (nSPS) is 9.90. The summed E-state index contributed by atoms with van der Waals surface area (Å²) in [7, 11) is 0. The first-order valence-electron chi connectivity index (χ1n) is 2.69. The predicted octanol–water partition coefficient (Wildman–Crippen LogP) is 1.25. The highest BCUT2D eigenvalue weighted by molar-refractivity contribution is 5.31. The molecule has 0 aliphatic heterocycles. The number of halogens is 2. The molecule has 0 aliphatic carbocycles. The second kappa shape index (κ2) is 2.21. The van der Waals surface area contributed by atoms with Crippen molar-refractivity contribution < 1.29 is 8.78 Å². The number of rotatable bonds is 0. The minimum Gasteiger partial charge on any atom is -0.381 e. The molecule has 4 heteroatoms. The molecule has 1 aromatic heterocycles. The Morgan fingerprint density at radius 1 is 1.40 bits per heavy atom. The Kier molecular flexibility index (Phi) is 1.53. The Hall–Kier alpha value is -1.19. The van der Waals surface area contributed by atoms with Crippen molar-refractivity contribution >= 4 is 5.82 Å². The Bertz CT molecular complexity index is 210. The van der Waals surface area contributed by atoms with Gasteiger partial charge in [-0.25, -0.2) is 13.8 Å². The number of aromatic nitrogens is 1. The van der Waals surface area contributed by atoms with Crippen LogP contribution in [0.3, 0.4) is 0 Å². The molecule has 1 heterocycles. The molecule has 0 saturated carbocycles. The van der Waals surface area contributed by atoms with Crippen LogP contribution in [0.4, 0.5) is 14.6 Å². The highest BCUT2D eigenvalue weighted by Gasteiger charge is 2.04. The van der Waals surface area contributed by atoms with Gasteiger partial charge in [0.15, 0.2) is 11.6 Å². The molecule has 0 aliphatic rings. The van der Waals surface area contributed by atoms with E-state index >= 15 is 0 Å². The Labute approximate surface area is 56.7 Å². The summed E-state index contributed by atoms with van der Waals surface area (Å²) in [6.07, 6.45) is 0. The van der Waals surface area contributed by atoms with Crippen molar-refractivity contribution in [1.82, 2.24) is 4.98 Å². The molecule has 2 N–H and O–H groups in total. The molecule has 0 aromatic carbocycles. The summed E-state index contributed by atoms with van der Waals surface area (Å²) in [5.74, 6) is -1.76. The zero-order chi connectivity index (χ0) is 7.72. The van der Waals surface area contributed by atoms with Crippen LogP contribution in [-0.4, -0.2) is 4.98 Å². The number of hydrogen-bond acceptors (Lipinski definition) is 2. The molecule has 0 fully saturated rings. The summed E-state index contributed by atoms with van der Waals surface area (Å²) in [6, 6.07) is 0.720. The van der Waals surface area contributed by atoms with Crippen LogP contribution in [0.1, 0.15) is 5.69 Å². The van der Waals surface area contributed by atoms with Crippen LogP contribution in [0.25, 0.3) is 0 Å². The molecule has 0 radical (unpaired) electrons. The first-order chi connectivity index (χ1) is 4.61. The predicted molar refractivity (Wildman–Crippen MR) is 33.3 cm³/mol. The molecule has 0 atom stereocenters. The van der Waals surface area contributed by atoms with E-state index in [1.165, 1.54) is 6.92 Å². The van der Waals surface area contributed by atoms with Gasteiger partial charge < -0.3 is 5.73 Å². The second-order valence-corrected chi connectivity index (χ2v) is 1.92. The summed E-state index contributed by atoms with van der Waals surface area (Å²) >= 11 is 0. The molecule has 0 bridgehead atoms. The van der Waals surface area contributed by atoms with Crippen molar-refractivity contribution in [1.29, 1.82) is 0 Å². The van der Waals surface area contributed by atoms with Crippen molar-refractivity contribution in [2.45, 2.75) is 6.92 Å². The van der Waals surface area contributed by atoms with Crippen LogP contribution in [-0.2, 0) is 0 Å². The zero-order valence-electron chi connectivity index (χ0n) is 5.36. The molecular formula is C6H6F2N2. The van der Waals surface area contributed by atoms with Gasteiger partial charge in [-0.2, -0.15) is 0 Å². The van der Waals surface area contributed by atoms with E-state index in [0.717, 1.165) is 6.07 Å². The highest BCUT2D eigenvalue weighted by atomic mass is 19.1. The summed E-state index contributed by atoms with van der Waals surface area (Å²) in [5, 5.41) is 0. The van der Waals surface area contributed by atoms with E-state index in [9.17, 15) is 8.78 Å². The standard InChI is InChI=1S/C6H6F2N2/c1-3-4(7)2-5(8)6(9)10-3/h2H,1H3,(H2,9,10). The van der Waals surface area contributed by atoms with E-state index in [4.69, 9.17) is 5.73 Å². The van der Waals surface area contributed by atoms with Gasteiger partial charge in [-0.3, -0.25) is 0 Å². The van der Waals surface area contributed by atoms with Gasteiger partial charge in [-0.1, -0.05) is 0 Å². The maximum absolute atomic E-state index is 12.4. The van der Waals surface area contributed by atoms with Gasteiger partial charge in [0.2, 0.25) is 0 Å². The maximum Gasteiger partial charge on any atom is 0.168 e. The van der Waals surface area contributed by atoms with E-state index in [0.29, 0.717) is 0 Å². The fraction of sp³-hybridized carbons (Fsp3) is 0.167. The molecule has 0 unspecified atom stereocenters. The third kappa shape index (κ3) is 1.05. The van der Waals surface area contributed by atoms with Gasteiger partial charge in [0.1, 0.15) is 5.82 Å². The molecular weight excluding hydrogens is 138 g/mol. The monoisotopic (exact) mass is 144 g/mol. The van der Waals surface area contributed by atoms with Gasteiger partial charge in [-0.15, -0.1) is 0 Å². The third-order valence-electron chi connectivity index (χ3n) is 1.13. The minimum atomic E-state index is -0.817. The average Bonchev–Trinajstić information content (AvgIpc) is 1.84. The van der Waals surface area contributed by atoms with Gasteiger partial charge in [0.25, 0.3) is 0 Å². The number of nitrogens with two attached hydrogens (primary N) is 1. The summed E-state index contributed by atoms with van der Waals surface area (Å²) in [4.78, 5) is 3.40. The Morgan fingerprint density at radius 2 is 2.00 bits per heavy atom. The fourth-order valence-corrected chi connectivity index (χ4v) is 0.577. The quantitative estimate of drug-likeness (QED) is 0.595. The van der Waals surface area contributed by atoms with Gasteiger partial charge >= 0.3 is 0 Å². The summed E-state index contributed by atoms with van der Waals surface area (Å²) in [6.45, 7) is 1.42. The van der Waals surface area contributed by atoms with Crippen molar-refractivity contribution in [3.63, 3.8) is 0 Å². The summed E-state index contributed by atoms with van der Waals surface area (Å²) in [5.41, 5.74) is 5.15. The number of pyridine rings is 1. The van der Waals surface area contributed by atoms with Crippen LogP contribution in [0.2, 0.25) is 0 Å². The SMILES string of the molecule is Cc1nc(N)c(F)cc1F. The van der Waals surface area contributed by atoms with Crippen LogP contribution in [0, 0.1) is 18.6 Å². The van der Waals surface area contributed by atoms with E-state index < -0.39 is 11.6 Å². The van der Waals surface area contributed by atoms with Gasteiger partial charge in [0.05, 0.1) is 5.69 Å². The smallest absolute Gasteiger partial charge is 0.168 e. The van der Waals surface area contributed by atoms with E-state index in [-0.39, 0.29) is 11.5 Å². The largest absolute Gasteiger partial charge is 0.381 e. The van der Waals surface area contributed by atoms with Crippen molar-refractivity contribution in [3.8, 4) is 0 Å². The van der Waals surface area contributed by atoms with E-state index in [2.05, 4.69) is 4.98 Å². The van der Waals surface area contributed by atoms with Crippen molar-refractivity contribution in [3.05, 3.63) is 23.4 Å². The second-order valence-electron chi connectivity index (χ2n) is 1.92. The first-order valence-corrected chi connectivity index (χ1v) is 2.69. The molecule has 1 aromatic rings. The number of anilines is 1. The van der Waals surface area contributed by atoms with Crippen molar-refractivity contribution in [2.24, 2.45) is 0 Å². The number of hydrogen-bond donors (Lipinski definition) is 1. The molecule has 0 amide bonds. The van der Waals surface area contributed by atoms with Crippen LogP contribution in [0.5, 0.6) is 0 Å². The lowest BCUT2D eigenvalue weighted by Gasteiger charge is -1.97. The molecule has 2 nitrogen and oxygen atoms in total. The number of nitrogen functional groups attached to an aromatic ring is 1. The Balaban J connectivity index is 3.28. The van der Waals surface area contributed by atoms with E-state index in [1.54, 1.807) is 0 Å². The van der Waals surface area contributed by atoms with Gasteiger partial charge in [-0.05, 0) is 6.92 Å². The third-order valence-corrected chi connectivity index (χ3v) is 1.13. The number of aryl methyl sites for hydroxylation is 1. The number of nitrogens with zero attached hydrogens (tertiary/aromatic N) is 1. The van der Waals surface area contributed by atoms with E-state index in [1.807, 2.05) is 0 Å². The maximum atomic E-state index is 12.4. The lowest BCUT2D eigenvalue weighted by atomic mass is 10.3. The molecule has 1 rings (SSSR count). The molecule has 54 valence electrons. The lowest BCUT2D eigenvalue weighted by Crippen LogP contribution is -1.98. The lowest BCUT2D eigenvalue weighted by molar-refractivity contribution is 0.569. The molecule has 0 spiro atoms. The van der Waals surface area contributed by atoms with Gasteiger partial charge in [0, 0.05) is 6.07 Å². The zero-order valence-corrected chi connectivity index (χ0v) is 5.36.